The van der Waals surface area contributed by atoms with Gasteiger partial charge in [0.05, 0.1) is 15.9 Å². The molecule has 0 aromatic carbocycles. The third kappa shape index (κ3) is 2.76. The number of aromatic nitrogens is 2. The molecule has 1 heterocycles. The number of hydrogen-bond acceptors (Lipinski definition) is 2. The van der Waals surface area contributed by atoms with Gasteiger partial charge in [-0.05, 0) is 22.4 Å². The lowest BCUT2D eigenvalue weighted by Gasteiger charge is -2.14. The van der Waals surface area contributed by atoms with E-state index in [4.69, 9.17) is 5.11 Å². The van der Waals surface area contributed by atoms with Crippen molar-refractivity contribution in [2.45, 2.75) is 32.0 Å². The van der Waals surface area contributed by atoms with E-state index in [2.05, 4.69) is 21.0 Å². The van der Waals surface area contributed by atoms with Crippen LogP contribution in [-0.2, 0) is 19.9 Å². The van der Waals surface area contributed by atoms with Crippen LogP contribution in [-0.4, -0.2) is 27.2 Å². The van der Waals surface area contributed by atoms with Gasteiger partial charge in [-0.25, -0.2) is 0 Å². The molecule has 0 fully saturated rings. The molecule has 0 aliphatic heterocycles. The molecule has 0 amide bonds. The van der Waals surface area contributed by atoms with Crippen LogP contribution in [0.15, 0.2) is 4.47 Å². The molecule has 0 saturated carbocycles. The highest BCUT2D eigenvalue weighted by Crippen LogP contribution is 2.27. The van der Waals surface area contributed by atoms with Crippen molar-refractivity contribution in [3.8, 4) is 0 Å². The third-order valence-electron chi connectivity index (χ3n) is 2.27. The normalized spacial score (nSPS) is 14.2. The summed E-state index contributed by atoms with van der Waals surface area (Å²) in [5.41, 5.74) is 1.04. The largest absolute Gasteiger partial charge is 0.414 e. The predicted octanol–water partition coefficient (Wildman–Crippen LogP) is 2.21. The van der Waals surface area contributed by atoms with Gasteiger partial charge >= 0.3 is 6.18 Å². The molecule has 0 unspecified atom stereocenters. The van der Waals surface area contributed by atoms with Crippen LogP contribution in [0, 0.1) is 0 Å². The van der Waals surface area contributed by atoms with Gasteiger partial charge in [-0.3, -0.25) is 4.68 Å². The molecule has 0 bridgehead atoms. The van der Waals surface area contributed by atoms with Gasteiger partial charge in [-0.1, -0.05) is 6.92 Å². The SMILES string of the molecule is CCc1nn(C)c(C[C@@H](O)C(F)(F)F)c1Br. The van der Waals surface area contributed by atoms with Gasteiger partial charge in [0, 0.05) is 13.5 Å². The topological polar surface area (TPSA) is 38.0 Å². The lowest BCUT2D eigenvalue weighted by Crippen LogP contribution is -2.31. The molecule has 1 atom stereocenters. The van der Waals surface area contributed by atoms with E-state index in [0.29, 0.717) is 22.3 Å². The van der Waals surface area contributed by atoms with E-state index < -0.39 is 18.7 Å². The van der Waals surface area contributed by atoms with E-state index in [-0.39, 0.29) is 0 Å². The number of rotatable bonds is 3. The summed E-state index contributed by atoms with van der Waals surface area (Å²) >= 11 is 3.20. The van der Waals surface area contributed by atoms with Crippen molar-refractivity contribution in [2.24, 2.45) is 7.05 Å². The number of aliphatic hydroxyl groups is 1. The molecule has 92 valence electrons. The fraction of sp³-hybridized carbons (Fsp3) is 0.667. The van der Waals surface area contributed by atoms with E-state index in [1.807, 2.05) is 6.92 Å². The zero-order valence-corrected chi connectivity index (χ0v) is 10.4. The highest BCUT2D eigenvalue weighted by Gasteiger charge is 2.39. The van der Waals surface area contributed by atoms with Crippen LogP contribution in [0.4, 0.5) is 13.2 Å². The molecule has 16 heavy (non-hydrogen) atoms. The van der Waals surface area contributed by atoms with Crippen LogP contribution >= 0.6 is 15.9 Å². The van der Waals surface area contributed by atoms with E-state index in [1.54, 1.807) is 7.05 Å². The van der Waals surface area contributed by atoms with Crippen molar-refractivity contribution in [1.29, 1.82) is 0 Å². The van der Waals surface area contributed by atoms with Crippen molar-refractivity contribution in [2.75, 3.05) is 0 Å². The Kier molecular flexibility index (Phi) is 4.01. The summed E-state index contributed by atoms with van der Waals surface area (Å²) in [7, 11) is 1.56. The number of aryl methyl sites for hydroxylation is 2. The highest BCUT2D eigenvalue weighted by atomic mass is 79.9. The maximum absolute atomic E-state index is 12.2. The van der Waals surface area contributed by atoms with Crippen LogP contribution in [0.1, 0.15) is 18.3 Å². The molecular weight excluding hydrogens is 289 g/mol. The maximum Gasteiger partial charge on any atom is 0.414 e. The summed E-state index contributed by atoms with van der Waals surface area (Å²) in [6, 6.07) is 0. The van der Waals surface area contributed by atoms with Crippen molar-refractivity contribution < 1.29 is 18.3 Å². The Balaban J connectivity index is 2.93. The quantitative estimate of drug-likeness (QED) is 0.929. The summed E-state index contributed by atoms with van der Waals surface area (Å²) in [5, 5.41) is 13.0. The molecule has 7 heteroatoms. The average molecular weight is 301 g/mol. The van der Waals surface area contributed by atoms with E-state index in [0.717, 1.165) is 0 Å². The fourth-order valence-electron chi connectivity index (χ4n) is 1.34. The molecule has 0 aliphatic rings. The van der Waals surface area contributed by atoms with Crippen LogP contribution in [0.2, 0.25) is 0 Å². The first kappa shape index (κ1) is 13.5. The molecule has 1 aromatic heterocycles. The first-order valence-electron chi connectivity index (χ1n) is 4.72. The number of aliphatic hydroxyl groups excluding tert-OH is 1. The summed E-state index contributed by atoms with van der Waals surface area (Å²) in [4.78, 5) is 0. The van der Waals surface area contributed by atoms with E-state index in [1.165, 1.54) is 4.68 Å². The smallest absolute Gasteiger partial charge is 0.383 e. The second-order valence-electron chi connectivity index (χ2n) is 3.45. The van der Waals surface area contributed by atoms with Gasteiger partial charge in [-0.15, -0.1) is 0 Å². The van der Waals surface area contributed by atoms with Crippen LogP contribution in [0.3, 0.4) is 0 Å². The Hall–Kier alpha value is -0.560. The number of hydrogen-bond donors (Lipinski definition) is 1. The molecule has 0 spiro atoms. The molecule has 0 aliphatic carbocycles. The van der Waals surface area contributed by atoms with Gasteiger partial charge in [0.15, 0.2) is 6.10 Å². The first-order valence-corrected chi connectivity index (χ1v) is 5.51. The molecule has 3 nitrogen and oxygen atoms in total. The minimum atomic E-state index is -4.60. The number of halogens is 4. The van der Waals surface area contributed by atoms with Crippen LogP contribution in [0.25, 0.3) is 0 Å². The second-order valence-corrected chi connectivity index (χ2v) is 4.24. The number of nitrogens with zero attached hydrogens (tertiary/aromatic N) is 2. The van der Waals surface area contributed by atoms with Gasteiger partial charge in [0.25, 0.3) is 0 Å². The van der Waals surface area contributed by atoms with Crippen molar-refractivity contribution in [1.82, 2.24) is 9.78 Å². The standard InChI is InChI=1S/C9H12BrF3N2O/c1-3-5-8(10)6(15(2)14-5)4-7(16)9(11,12)13/h7,16H,3-4H2,1-2H3/t7-/m1/s1. The molecule has 1 rings (SSSR count). The summed E-state index contributed by atoms with van der Waals surface area (Å²) < 4.78 is 38.5. The zero-order valence-electron chi connectivity index (χ0n) is 8.85. The lowest BCUT2D eigenvalue weighted by molar-refractivity contribution is -0.203. The second kappa shape index (κ2) is 4.75. The molecular formula is C9H12BrF3N2O. The van der Waals surface area contributed by atoms with Crippen LogP contribution in [0.5, 0.6) is 0 Å². The van der Waals surface area contributed by atoms with Gasteiger partial charge < -0.3 is 5.11 Å². The zero-order chi connectivity index (χ0) is 12.5. The van der Waals surface area contributed by atoms with Crippen LogP contribution < -0.4 is 0 Å². The van der Waals surface area contributed by atoms with Crippen molar-refractivity contribution in [3.63, 3.8) is 0 Å². The van der Waals surface area contributed by atoms with Gasteiger partial charge in [0.1, 0.15) is 0 Å². The predicted molar refractivity (Wildman–Crippen MR) is 56.1 cm³/mol. The van der Waals surface area contributed by atoms with Crippen molar-refractivity contribution >= 4 is 15.9 Å². The minimum Gasteiger partial charge on any atom is -0.383 e. The minimum absolute atomic E-state index is 0.349. The first-order chi connectivity index (χ1) is 7.27. The van der Waals surface area contributed by atoms with E-state index >= 15 is 0 Å². The fourth-order valence-corrected chi connectivity index (χ4v) is 2.12. The molecule has 1 N–H and O–H groups in total. The Morgan fingerprint density at radius 2 is 2.06 bits per heavy atom. The summed E-state index contributed by atoms with van der Waals surface area (Å²) in [5.74, 6) is 0. The van der Waals surface area contributed by atoms with Gasteiger partial charge in [-0.2, -0.15) is 18.3 Å². The molecule has 0 saturated heterocycles. The summed E-state index contributed by atoms with van der Waals surface area (Å²) in [6.45, 7) is 1.86. The maximum atomic E-state index is 12.2. The Morgan fingerprint density at radius 3 is 2.44 bits per heavy atom. The third-order valence-corrected chi connectivity index (χ3v) is 3.18. The molecule has 1 aromatic rings. The highest BCUT2D eigenvalue weighted by molar-refractivity contribution is 9.10. The summed E-state index contributed by atoms with van der Waals surface area (Å²) in [6.07, 6.45) is -6.83. The van der Waals surface area contributed by atoms with E-state index in [9.17, 15) is 13.2 Å². The monoisotopic (exact) mass is 300 g/mol. The average Bonchev–Trinajstić information content (AvgIpc) is 2.43. The number of alkyl halides is 3. The Labute approximate surface area is 99.4 Å². The Bertz CT molecular complexity index is 376. The molecule has 0 radical (unpaired) electrons. The lowest BCUT2D eigenvalue weighted by atomic mass is 10.1. The van der Waals surface area contributed by atoms with Gasteiger partial charge in [0.2, 0.25) is 0 Å². The Morgan fingerprint density at radius 1 is 1.50 bits per heavy atom. The van der Waals surface area contributed by atoms with Crippen molar-refractivity contribution in [3.05, 3.63) is 15.9 Å².